The lowest BCUT2D eigenvalue weighted by molar-refractivity contribution is 0.0130. The molecular formula is C24H34N6O4. The molecular weight excluding hydrogens is 436 g/mol. The van der Waals surface area contributed by atoms with Crippen molar-refractivity contribution in [3.05, 3.63) is 51.4 Å². The molecule has 4 rings (SSSR count). The molecule has 34 heavy (non-hydrogen) atoms. The molecule has 2 aromatic heterocycles. The molecule has 2 aromatic rings. The van der Waals surface area contributed by atoms with Crippen LogP contribution in [-0.4, -0.2) is 81.8 Å². The molecule has 1 N–H and O–H groups in total. The third-order valence-electron chi connectivity index (χ3n) is 6.31. The van der Waals surface area contributed by atoms with Crippen LogP contribution in [0.2, 0.25) is 0 Å². The Kier molecular flexibility index (Phi) is 7.06. The zero-order chi connectivity index (χ0) is 24.3. The predicted molar refractivity (Wildman–Crippen MR) is 130 cm³/mol. The monoisotopic (exact) mass is 470 g/mol. The van der Waals surface area contributed by atoms with Crippen LogP contribution in [0.4, 0.5) is 10.6 Å². The van der Waals surface area contributed by atoms with Crippen LogP contribution in [0.1, 0.15) is 33.6 Å². The van der Waals surface area contributed by atoms with Gasteiger partial charge in [0.05, 0.1) is 11.9 Å². The molecule has 10 heteroatoms. The first kappa shape index (κ1) is 24.0. The number of rotatable bonds is 4. The normalized spacial score (nSPS) is 18.2. The number of hydrogen-bond donors (Lipinski definition) is 1. The molecule has 2 fully saturated rings. The lowest BCUT2D eigenvalue weighted by atomic mass is 9.96. The first-order chi connectivity index (χ1) is 16.2. The molecule has 2 saturated heterocycles. The summed E-state index contributed by atoms with van der Waals surface area (Å²) in [6, 6.07) is 5.08. The molecule has 0 radical (unpaired) electrons. The van der Waals surface area contributed by atoms with Gasteiger partial charge in [-0.3, -0.25) is 19.2 Å². The predicted octanol–water partition coefficient (Wildman–Crippen LogP) is 1.69. The van der Waals surface area contributed by atoms with Crippen LogP contribution in [0, 0.1) is 5.92 Å². The fourth-order valence-electron chi connectivity index (χ4n) is 4.48. The Balaban J connectivity index is 1.24. The SMILES string of the molecule is CC(C)(C)OC(=O)N1CCN(CC2CCN(c3ccc(-n4ccc(=O)[nH]c4=O)cn3)CC2)CC1. The van der Waals surface area contributed by atoms with Crippen LogP contribution in [0.25, 0.3) is 5.69 Å². The highest BCUT2D eigenvalue weighted by atomic mass is 16.6. The van der Waals surface area contributed by atoms with Gasteiger partial charge in [0.2, 0.25) is 0 Å². The van der Waals surface area contributed by atoms with Crippen molar-refractivity contribution in [1.29, 1.82) is 0 Å². The molecule has 0 unspecified atom stereocenters. The van der Waals surface area contributed by atoms with E-state index < -0.39 is 16.9 Å². The summed E-state index contributed by atoms with van der Waals surface area (Å²) < 4.78 is 6.85. The van der Waals surface area contributed by atoms with Gasteiger partial charge >= 0.3 is 11.8 Å². The maximum absolute atomic E-state index is 12.3. The zero-order valence-electron chi connectivity index (χ0n) is 20.2. The van der Waals surface area contributed by atoms with Gasteiger partial charge in [-0.15, -0.1) is 0 Å². The van der Waals surface area contributed by atoms with Crippen molar-refractivity contribution in [2.24, 2.45) is 5.92 Å². The largest absolute Gasteiger partial charge is 0.444 e. The van der Waals surface area contributed by atoms with Crippen molar-refractivity contribution in [2.75, 3.05) is 50.7 Å². The number of carbonyl (C=O) groups excluding carboxylic acids is 1. The summed E-state index contributed by atoms with van der Waals surface area (Å²) in [6.45, 7) is 11.8. The van der Waals surface area contributed by atoms with Crippen molar-refractivity contribution in [1.82, 2.24) is 24.3 Å². The van der Waals surface area contributed by atoms with E-state index in [0.717, 1.165) is 51.4 Å². The third kappa shape index (κ3) is 6.05. The minimum atomic E-state index is -0.477. The molecule has 4 heterocycles. The average molecular weight is 471 g/mol. The van der Waals surface area contributed by atoms with Gasteiger partial charge in [0.15, 0.2) is 0 Å². The van der Waals surface area contributed by atoms with E-state index in [1.807, 2.05) is 32.9 Å². The smallest absolute Gasteiger partial charge is 0.410 e. The number of carbonyl (C=O) groups is 1. The number of aromatic nitrogens is 3. The number of piperidine rings is 1. The Bertz CT molecular complexity index is 1090. The molecule has 0 aliphatic carbocycles. The van der Waals surface area contributed by atoms with E-state index in [9.17, 15) is 14.4 Å². The summed E-state index contributed by atoms with van der Waals surface area (Å²) in [5.41, 5.74) is -0.740. The van der Waals surface area contributed by atoms with Crippen LogP contribution >= 0.6 is 0 Å². The van der Waals surface area contributed by atoms with Crippen LogP contribution in [0.3, 0.4) is 0 Å². The Labute approximate surface area is 199 Å². The second-order valence-corrected chi connectivity index (χ2v) is 10.1. The lowest BCUT2D eigenvalue weighted by Gasteiger charge is -2.39. The van der Waals surface area contributed by atoms with E-state index in [2.05, 4.69) is 19.8 Å². The molecule has 0 spiro atoms. The summed E-state index contributed by atoms with van der Waals surface area (Å²) in [4.78, 5) is 48.8. The summed E-state index contributed by atoms with van der Waals surface area (Å²) in [7, 11) is 0. The maximum Gasteiger partial charge on any atom is 0.410 e. The molecule has 2 aliphatic heterocycles. The minimum Gasteiger partial charge on any atom is -0.444 e. The van der Waals surface area contributed by atoms with Gasteiger partial charge in [-0.05, 0) is 51.7 Å². The maximum atomic E-state index is 12.3. The number of anilines is 1. The van der Waals surface area contributed by atoms with Crippen LogP contribution in [-0.2, 0) is 4.74 Å². The number of amides is 1. The van der Waals surface area contributed by atoms with Crippen molar-refractivity contribution < 1.29 is 9.53 Å². The zero-order valence-corrected chi connectivity index (χ0v) is 20.2. The molecule has 0 atom stereocenters. The highest BCUT2D eigenvalue weighted by Gasteiger charge is 2.28. The highest BCUT2D eigenvalue weighted by Crippen LogP contribution is 2.23. The number of ether oxygens (including phenoxy) is 1. The number of nitrogens with one attached hydrogen (secondary N) is 1. The van der Waals surface area contributed by atoms with Gasteiger partial charge in [-0.1, -0.05) is 0 Å². The van der Waals surface area contributed by atoms with Crippen LogP contribution in [0.15, 0.2) is 40.2 Å². The lowest BCUT2D eigenvalue weighted by Crippen LogP contribution is -2.51. The van der Waals surface area contributed by atoms with Gasteiger partial charge in [0.1, 0.15) is 11.4 Å². The van der Waals surface area contributed by atoms with Crippen molar-refractivity contribution in [3.63, 3.8) is 0 Å². The topological polar surface area (TPSA) is 104 Å². The van der Waals surface area contributed by atoms with E-state index in [0.29, 0.717) is 24.7 Å². The molecule has 0 aromatic carbocycles. The van der Waals surface area contributed by atoms with Gasteiger partial charge in [0.25, 0.3) is 5.56 Å². The molecule has 1 amide bonds. The molecule has 10 nitrogen and oxygen atoms in total. The summed E-state index contributed by atoms with van der Waals surface area (Å²) in [6.07, 6.45) is 5.08. The molecule has 184 valence electrons. The fraction of sp³-hybridized carbons (Fsp3) is 0.583. The standard InChI is InChI=1S/C24H34N6O4/c1-24(2,3)34-23(33)29-14-12-27(13-15-29)17-18-6-9-28(10-7-18)20-5-4-19(16-25-20)30-11-8-21(31)26-22(30)32/h4-5,8,11,16,18H,6-7,9-10,12-15,17H2,1-3H3,(H,26,31,32). The number of piperazine rings is 1. The summed E-state index contributed by atoms with van der Waals surface area (Å²) in [5.74, 6) is 1.52. The number of pyridine rings is 1. The fourth-order valence-corrected chi connectivity index (χ4v) is 4.48. The first-order valence-corrected chi connectivity index (χ1v) is 11.9. The second-order valence-electron chi connectivity index (χ2n) is 10.1. The Hall–Kier alpha value is -3.14. The van der Waals surface area contributed by atoms with Gasteiger partial charge in [-0.25, -0.2) is 14.6 Å². The molecule has 0 bridgehead atoms. The number of nitrogens with zero attached hydrogens (tertiary/aromatic N) is 5. The quantitative estimate of drug-likeness (QED) is 0.725. The van der Waals surface area contributed by atoms with E-state index in [4.69, 9.17) is 4.74 Å². The third-order valence-corrected chi connectivity index (χ3v) is 6.31. The van der Waals surface area contributed by atoms with Gasteiger partial charge in [0, 0.05) is 58.1 Å². The number of hydrogen-bond acceptors (Lipinski definition) is 7. The van der Waals surface area contributed by atoms with Crippen molar-refractivity contribution >= 4 is 11.9 Å². The minimum absolute atomic E-state index is 0.218. The second kappa shape index (κ2) is 10.0. The number of H-pyrrole nitrogens is 1. The van der Waals surface area contributed by atoms with Crippen LogP contribution in [0.5, 0.6) is 0 Å². The molecule has 0 saturated carbocycles. The Morgan fingerprint density at radius 2 is 1.76 bits per heavy atom. The van der Waals surface area contributed by atoms with Gasteiger partial charge in [-0.2, -0.15) is 0 Å². The van der Waals surface area contributed by atoms with E-state index >= 15 is 0 Å². The molecule has 2 aliphatic rings. The van der Waals surface area contributed by atoms with E-state index in [-0.39, 0.29) is 6.09 Å². The average Bonchev–Trinajstić information content (AvgIpc) is 2.79. The van der Waals surface area contributed by atoms with Crippen molar-refractivity contribution in [2.45, 2.75) is 39.2 Å². The van der Waals surface area contributed by atoms with Crippen molar-refractivity contribution in [3.8, 4) is 5.69 Å². The summed E-state index contributed by atoms with van der Waals surface area (Å²) >= 11 is 0. The first-order valence-electron chi connectivity index (χ1n) is 11.9. The van der Waals surface area contributed by atoms with Crippen LogP contribution < -0.4 is 16.1 Å². The van der Waals surface area contributed by atoms with E-state index in [1.54, 1.807) is 11.1 Å². The number of aromatic amines is 1. The van der Waals surface area contributed by atoms with E-state index in [1.165, 1.54) is 16.8 Å². The Morgan fingerprint density at radius 3 is 2.35 bits per heavy atom. The Morgan fingerprint density at radius 1 is 1.06 bits per heavy atom. The summed E-state index contributed by atoms with van der Waals surface area (Å²) in [5, 5.41) is 0. The van der Waals surface area contributed by atoms with Gasteiger partial charge < -0.3 is 14.5 Å². The highest BCUT2D eigenvalue weighted by molar-refractivity contribution is 5.68.